The molecule has 0 spiro atoms. The van der Waals surface area contributed by atoms with Crippen LogP contribution in [0.5, 0.6) is 0 Å². The van der Waals surface area contributed by atoms with Gasteiger partial charge in [-0.1, -0.05) is 0 Å². The maximum atomic E-state index is 5.55. The van der Waals surface area contributed by atoms with Crippen molar-refractivity contribution in [2.24, 2.45) is 5.92 Å². The van der Waals surface area contributed by atoms with Crippen LogP contribution in [0.1, 0.15) is 5.56 Å². The van der Waals surface area contributed by atoms with E-state index in [2.05, 4.69) is 35.2 Å². The van der Waals surface area contributed by atoms with Crippen molar-refractivity contribution in [1.82, 2.24) is 4.98 Å². The second-order valence-electron chi connectivity index (χ2n) is 4.68. The van der Waals surface area contributed by atoms with E-state index in [1.807, 2.05) is 6.20 Å². The number of ether oxygens (including phenoxy) is 1. The van der Waals surface area contributed by atoms with E-state index in [0.29, 0.717) is 12.0 Å². The first-order valence-corrected chi connectivity index (χ1v) is 5.77. The second-order valence-corrected chi connectivity index (χ2v) is 4.68. The monoisotopic (exact) mass is 219 g/mol. The molecule has 2 unspecified atom stereocenters. The third-order valence-corrected chi connectivity index (χ3v) is 3.68. The number of fused-ring (bicyclic) bond motifs is 2. The van der Waals surface area contributed by atoms with Gasteiger partial charge in [-0.3, -0.25) is 0 Å². The number of hydrogen-bond donors (Lipinski definition) is 1. The van der Waals surface area contributed by atoms with E-state index in [4.69, 9.17) is 4.74 Å². The minimum atomic E-state index is 0.461. The molecule has 4 nitrogen and oxygen atoms in total. The molecule has 0 saturated carbocycles. The number of rotatable bonds is 0. The van der Waals surface area contributed by atoms with Gasteiger partial charge in [0.15, 0.2) is 5.82 Å². The van der Waals surface area contributed by atoms with Crippen LogP contribution in [0.25, 0.3) is 0 Å². The molecule has 0 aromatic carbocycles. The average Bonchev–Trinajstić information content (AvgIpc) is 2.70. The minimum Gasteiger partial charge on any atom is -0.381 e. The van der Waals surface area contributed by atoms with Crippen LogP contribution in [0.3, 0.4) is 0 Å². The highest BCUT2D eigenvalue weighted by molar-refractivity contribution is 5.70. The number of anilines is 2. The summed E-state index contributed by atoms with van der Waals surface area (Å²) in [5.74, 6) is 1.62. The molecule has 0 aliphatic carbocycles. The first-order valence-electron chi connectivity index (χ1n) is 5.77. The normalized spacial score (nSPS) is 28.0. The van der Waals surface area contributed by atoms with Crippen molar-refractivity contribution in [3.63, 3.8) is 0 Å². The molecule has 1 fully saturated rings. The molecule has 1 aromatic heterocycles. The first kappa shape index (κ1) is 9.90. The fraction of sp³-hybridized carbons (Fsp3) is 0.583. The lowest BCUT2D eigenvalue weighted by atomic mass is 10.0. The highest BCUT2D eigenvalue weighted by Crippen LogP contribution is 2.34. The van der Waals surface area contributed by atoms with Crippen molar-refractivity contribution in [3.8, 4) is 0 Å². The summed E-state index contributed by atoms with van der Waals surface area (Å²) in [4.78, 5) is 6.75. The summed E-state index contributed by atoms with van der Waals surface area (Å²) in [5.41, 5.74) is 2.44. The Hall–Kier alpha value is -1.29. The Morgan fingerprint density at radius 1 is 1.50 bits per heavy atom. The van der Waals surface area contributed by atoms with Crippen LogP contribution < -0.4 is 10.2 Å². The third kappa shape index (κ3) is 1.37. The van der Waals surface area contributed by atoms with Crippen LogP contribution >= 0.6 is 0 Å². The number of nitrogens with one attached hydrogen (secondary N) is 1. The van der Waals surface area contributed by atoms with Gasteiger partial charge in [0.25, 0.3) is 0 Å². The molecule has 1 saturated heterocycles. The number of aryl methyl sites for hydroxylation is 1. The van der Waals surface area contributed by atoms with Gasteiger partial charge in [-0.2, -0.15) is 0 Å². The fourth-order valence-corrected chi connectivity index (χ4v) is 2.63. The smallest absolute Gasteiger partial charge is 0.152 e. The van der Waals surface area contributed by atoms with E-state index in [1.165, 1.54) is 11.3 Å². The number of likely N-dealkylation sites (N-methyl/N-ethyl adjacent to an activating group) is 1. The topological polar surface area (TPSA) is 37.4 Å². The molecular weight excluding hydrogens is 202 g/mol. The largest absolute Gasteiger partial charge is 0.381 e. The number of hydrogen-bond acceptors (Lipinski definition) is 4. The van der Waals surface area contributed by atoms with Crippen molar-refractivity contribution in [2.45, 2.75) is 13.0 Å². The van der Waals surface area contributed by atoms with Crippen LogP contribution in [0, 0.1) is 12.8 Å². The quantitative estimate of drug-likeness (QED) is 0.713. The molecule has 0 bridgehead atoms. The van der Waals surface area contributed by atoms with E-state index >= 15 is 0 Å². The summed E-state index contributed by atoms with van der Waals surface area (Å²) >= 11 is 0. The summed E-state index contributed by atoms with van der Waals surface area (Å²) in [6, 6.07) is 2.51. The average molecular weight is 219 g/mol. The van der Waals surface area contributed by atoms with Crippen LogP contribution in [-0.4, -0.2) is 37.8 Å². The SMILES string of the molecule is Cc1ccnc2c1NCC1COCC1N2C. The molecule has 3 heterocycles. The summed E-state index contributed by atoms with van der Waals surface area (Å²) in [7, 11) is 2.12. The second kappa shape index (κ2) is 3.63. The fourth-order valence-electron chi connectivity index (χ4n) is 2.63. The van der Waals surface area contributed by atoms with Gasteiger partial charge in [-0.05, 0) is 18.6 Å². The Morgan fingerprint density at radius 2 is 2.38 bits per heavy atom. The molecule has 0 amide bonds. The van der Waals surface area contributed by atoms with Crippen molar-refractivity contribution in [1.29, 1.82) is 0 Å². The van der Waals surface area contributed by atoms with Crippen LogP contribution in [0.15, 0.2) is 12.3 Å². The van der Waals surface area contributed by atoms with Gasteiger partial charge in [0, 0.05) is 25.7 Å². The van der Waals surface area contributed by atoms with Crippen molar-refractivity contribution in [3.05, 3.63) is 17.8 Å². The summed E-state index contributed by atoms with van der Waals surface area (Å²) < 4.78 is 5.55. The standard InChI is InChI=1S/C12H17N3O/c1-8-3-4-13-12-11(8)14-5-9-6-16-7-10(9)15(12)2/h3-4,9-10,14H,5-7H2,1-2H3. The Morgan fingerprint density at radius 3 is 3.25 bits per heavy atom. The van der Waals surface area contributed by atoms with Crippen molar-refractivity contribution >= 4 is 11.5 Å². The number of aromatic nitrogens is 1. The lowest BCUT2D eigenvalue weighted by molar-refractivity contribution is 0.185. The first-order chi connectivity index (χ1) is 7.77. The van der Waals surface area contributed by atoms with Gasteiger partial charge < -0.3 is 15.0 Å². The van der Waals surface area contributed by atoms with E-state index in [-0.39, 0.29) is 0 Å². The summed E-state index contributed by atoms with van der Waals surface area (Å²) in [6.07, 6.45) is 1.88. The van der Waals surface area contributed by atoms with E-state index in [0.717, 1.165) is 25.6 Å². The van der Waals surface area contributed by atoms with E-state index < -0.39 is 0 Å². The van der Waals surface area contributed by atoms with E-state index in [9.17, 15) is 0 Å². The minimum absolute atomic E-state index is 0.461. The Balaban J connectivity index is 2.05. The predicted octanol–water partition coefficient (Wildman–Crippen LogP) is 1.27. The number of nitrogens with zero attached hydrogens (tertiary/aromatic N) is 2. The molecule has 1 aromatic rings. The molecule has 16 heavy (non-hydrogen) atoms. The van der Waals surface area contributed by atoms with Crippen LogP contribution in [0.4, 0.5) is 11.5 Å². The molecule has 2 aliphatic rings. The van der Waals surface area contributed by atoms with Gasteiger partial charge in [0.1, 0.15) is 0 Å². The van der Waals surface area contributed by atoms with Gasteiger partial charge in [0.05, 0.1) is 24.9 Å². The van der Waals surface area contributed by atoms with Gasteiger partial charge >= 0.3 is 0 Å². The van der Waals surface area contributed by atoms with Gasteiger partial charge in [-0.15, -0.1) is 0 Å². The van der Waals surface area contributed by atoms with Gasteiger partial charge in [-0.25, -0.2) is 4.98 Å². The maximum Gasteiger partial charge on any atom is 0.152 e. The number of pyridine rings is 1. The summed E-state index contributed by atoms with van der Waals surface area (Å²) in [5, 5.41) is 3.51. The lowest BCUT2D eigenvalue weighted by Crippen LogP contribution is -2.38. The molecule has 4 heteroatoms. The Kier molecular flexibility index (Phi) is 2.24. The Bertz CT molecular complexity index is 407. The van der Waals surface area contributed by atoms with E-state index in [1.54, 1.807) is 0 Å². The lowest BCUT2D eigenvalue weighted by Gasteiger charge is -2.26. The molecule has 2 aliphatic heterocycles. The van der Waals surface area contributed by atoms with Crippen LogP contribution in [0.2, 0.25) is 0 Å². The highest BCUT2D eigenvalue weighted by Gasteiger charge is 2.35. The Labute approximate surface area is 95.6 Å². The summed E-state index contributed by atoms with van der Waals surface area (Å²) in [6.45, 7) is 4.78. The van der Waals surface area contributed by atoms with Crippen molar-refractivity contribution in [2.75, 3.05) is 37.0 Å². The predicted molar refractivity (Wildman–Crippen MR) is 64.0 cm³/mol. The third-order valence-electron chi connectivity index (χ3n) is 3.68. The molecule has 86 valence electrons. The zero-order valence-electron chi connectivity index (χ0n) is 9.73. The zero-order chi connectivity index (χ0) is 11.1. The highest BCUT2D eigenvalue weighted by atomic mass is 16.5. The molecule has 0 radical (unpaired) electrons. The van der Waals surface area contributed by atoms with Gasteiger partial charge in [0.2, 0.25) is 0 Å². The molecular formula is C12H17N3O. The molecule has 1 N–H and O–H groups in total. The van der Waals surface area contributed by atoms with Crippen LogP contribution in [-0.2, 0) is 4.74 Å². The molecule has 3 rings (SSSR count). The van der Waals surface area contributed by atoms with Crippen molar-refractivity contribution < 1.29 is 4.74 Å². The zero-order valence-corrected chi connectivity index (χ0v) is 9.73. The maximum absolute atomic E-state index is 5.55. The molecule has 2 atom stereocenters.